The van der Waals surface area contributed by atoms with E-state index in [1.54, 1.807) is 0 Å². The maximum Gasteiger partial charge on any atom is 0.0360 e. The van der Waals surface area contributed by atoms with Gasteiger partial charge in [-0.25, -0.2) is 0 Å². The highest BCUT2D eigenvalue weighted by Crippen LogP contribution is 2.27. The van der Waals surface area contributed by atoms with Crippen molar-refractivity contribution in [2.75, 3.05) is 6.54 Å². The maximum absolute atomic E-state index is 4.10. The second-order valence-electron chi connectivity index (χ2n) is 4.26. The van der Waals surface area contributed by atoms with Gasteiger partial charge in [-0.05, 0) is 36.9 Å². The van der Waals surface area contributed by atoms with Crippen LogP contribution in [0, 0.1) is 0 Å². The second-order valence-corrected chi connectivity index (χ2v) is 4.26. The summed E-state index contributed by atoms with van der Waals surface area (Å²) in [5.41, 5.74) is 4.31. The van der Waals surface area contributed by atoms with Crippen molar-refractivity contribution in [1.82, 2.24) is 5.32 Å². The number of hydrogen-bond acceptors (Lipinski definition) is 1. The highest BCUT2D eigenvalue weighted by molar-refractivity contribution is 5.33. The van der Waals surface area contributed by atoms with Gasteiger partial charge in [0.05, 0.1) is 0 Å². The molecular weight excluding hydrogens is 182 g/mol. The Hall–Kier alpha value is -1.08. The van der Waals surface area contributed by atoms with E-state index in [4.69, 9.17) is 0 Å². The lowest BCUT2D eigenvalue weighted by Gasteiger charge is -2.27. The Labute approximate surface area is 92.2 Å². The van der Waals surface area contributed by atoms with Crippen LogP contribution in [0.25, 0.3) is 0 Å². The molecule has 2 rings (SSSR count). The van der Waals surface area contributed by atoms with Crippen LogP contribution in [0.2, 0.25) is 0 Å². The van der Waals surface area contributed by atoms with Gasteiger partial charge < -0.3 is 5.32 Å². The highest BCUT2D eigenvalue weighted by atomic mass is 14.9. The molecule has 0 fully saturated rings. The fraction of sp³-hybridized carbons (Fsp3) is 0.429. The van der Waals surface area contributed by atoms with E-state index in [1.807, 2.05) is 0 Å². The molecule has 0 aliphatic carbocycles. The van der Waals surface area contributed by atoms with Gasteiger partial charge >= 0.3 is 0 Å². The zero-order chi connectivity index (χ0) is 10.7. The number of nitrogens with one attached hydrogen (secondary N) is 1. The average molecular weight is 201 g/mol. The smallest absolute Gasteiger partial charge is 0.0360 e. The molecule has 0 saturated heterocycles. The summed E-state index contributed by atoms with van der Waals surface area (Å²) >= 11 is 0. The maximum atomic E-state index is 4.10. The third-order valence-electron chi connectivity index (χ3n) is 3.21. The van der Waals surface area contributed by atoms with E-state index >= 15 is 0 Å². The lowest BCUT2D eigenvalue weighted by Crippen LogP contribution is -2.29. The molecular formula is C14H19N. The quantitative estimate of drug-likeness (QED) is 0.740. The molecule has 1 heteroatoms. The first-order chi connectivity index (χ1) is 7.31. The fourth-order valence-corrected chi connectivity index (χ4v) is 2.21. The van der Waals surface area contributed by atoms with Crippen LogP contribution >= 0.6 is 0 Å². The van der Waals surface area contributed by atoms with Crippen LogP contribution in [0.1, 0.15) is 36.9 Å². The van der Waals surface area contributed by atoms with Crippen LogP contribution in [0.4, 0.5) is 0 Å². The Balaban J connectivity index is 2.18. The predicted molar refractivity (Wildman–Crippen MR) is 64.9 cm³/mol. The lowest BCUT2D eigenvalue weighted by molar-refractivity contribution is 0.498. The molecule has 1 aromatic rings. The Morgan fingerprint density at radius 2 is 2.27 bits per heavy atom. The van der Waals surface area contributed by atoms with Crippen LogP contribution in [-0.4, -0.2) is 6.54 Å². The van der Waals surface area contributed by atoms with Crippen molar-refractivity contribution in [3.63, 3.8) is 0 Å². The number of rotatable bonds is 3. The average Bonchev–Trinajstić information content (AvgIpc) is 2.29. The van der Waals surface area contributed by atoms with Gasteiger partial charge in [-0.1, -0.05) is 43.3 Å². The molecule has 15 heavy (non-hydrogen) atoms. The Morgan fingerprint density at radius 1 is 1.47 bits per heavy atom. The van der Waals surface area contributed by atoms with Gasteiger partial charge in [-0.2, -0.15) is 0 Å². The molecule has 1 aliphatic rings. The number of fused-ring (bicyclic) bond motifs is 1. The van der Waals surface area contributed by atoms with Crippen LogP contribution in [-0.2, 0) is 6.42 Å². The molecule has 1 N–H and O–H groups in total. The van der Waals surface area contributed by atoms with Crippen molar-refractivity contribution in [3.05, 3.63) is 47.5 Å². The highest BCUT2D eigenvalue weighted by Gasteiger charge is 2.18. The lowest BCUT2D eigenvalue weighted by atomic mass is 9.90. The molecule has 1 heterocycles. The molecule has 1 nitrogen and oxygen atoms in total. The summed E-state index contributed by atoms with van der Waals surface area (Å²) in [6.07, 6.45) is 3.32. The van der Waals surface area contributed by atoms with E-state index in [2.05, 4.69) is 43.1 Å². The largest absolute Gasteiger partial charge is 0.309 e. The SMILES string of the molecule is C=C(CC)CC1NCCc2ccccc21. The van der Waals surface area contributed by atoms with Crippen molar-refractivity contribution in [3.8, 4) is 0 Å². The van der Waals surface area contributed by atoms with Crippen LogP contribution in [0.3, 0.4) is 0 Å². The number of hydrogen-bond donors (Lipinski definition) is 1. The molecule has 80 valence electrons. The summed E-state index contributed by atoms with van der Waals surface area (Å²) in [4.78, 5) is 0. The first-order valence-corrected chi connectivity index (χ1v) is 5.79. The fourth-order valence-electron chi connectivity index (χ4n) is 2.21. The molecule has 0 amide bonds. The summed E-state index contributed by atoms with van der Waals surface area (Å²) in [7, 11) is 0. The molecule has 0 aromatic heterocycles. The van der Waals surface area contributed by atoms with Gasteiger partial charge in [0.25, 0.3) is 0 Å². The van der Waals surface area contributed by atoms with Crippen LogP contribution in [0.15, 0.2) is 36.4 Å². The van der Waals surface area contributed by atoms with E-state index in [0.29, 0.717) is 6.04 Å². The Kier molecular flexibility index (Phi) is 3.22. The molecule has 0 bridgehead atoms. The van der Waals surface area contributed by atoms with Gasteiger partial charge in [-0.15, -0.1) is 0 Å². The standard InChI is InChI=1S/C14H19N/c1-3-11(2)10-14-13-7-5-4-6-12(13)8-9-15-14/h4-7,14-15H,2-3,8-10H2,1H3. The summed E-state index contributed by atoms with van der Waals surface area (Å²) in [6.45, 7) is 7.37. The van der Waals surface area contributed by atoms with Gasteiger partial charge in [0.2, 0.25) is 0 Å². The van der Waals surface area contributed by atoms with E-state index in [1.165, 1.54) is 16.7 Å². The Bertz CT molecular complexity index is 354. The zero-order valence-corrected chi connectivity index (χ0v) is 9.42. The molecule has 1 aliphatic heterocycles. The minimum absolute atomic E-state index is 0.488. The van der Waals surface area contributed by atoms with Gasteiger partial charge in [0, 0.05) is 6.04 Å². The van der Waals surface area contributed by atoms with Gasteiger partial charge in [0.15, 0.2) is 0 Å². The topological polar surface area (TPSA) is 12.0 Å². The minimum atomic E-state index is 0.488. The zero-order valence-electron chi connectivity index (χ0n) is 9.42. The molecule has 0 saturated carbocycles. The molecule has 1 unspecified atom stereocenters. The normalized spacial score (nSPS) is 19.7. The molecule has 1 aromatic carbocycles. The minimum Gasteiger partial charge on any atom is -0.309 e. The number of benzene rings is 1. The van der Waals surface area contributed by atoms with Crippen molar-refractivity contribution < 1.29 is 0 Å². The third-order valence-corrected chi connectivity index (χ3v) is 3.21. The molecule has 0 radical (unpaired) electrons. The van der Waals surface area contributed by atoms with E-state index in [9.17, 15) is 0 Å². The van der Waals surface area contributed by atoms with Crippen molar-refractivity contribution >= 4 is 0 Å². The monoisotopic (exact) mass is 201 g/mol. The Morgan fingerprint density at radius 3 is 3.07 bits per heavy atom. The van der Waals surface area contributed by atoms with Crippen LogP contribution in [0.5, 0.6) is 0 Å². The van der Waals surface area contributed by atoms with Crippen molar-refractivity contribution in [2.24, 2.45) is 0 Å². The first kappa shape index (κ1) is 10.4. The van der Waals surface area contributed by atoms with Crippen LogP contribution < -0.4 is 5.32 Å². The van der Waals surface area contributed by atoms with E-state index in [0.717, 1.165) is 25.8 Å². The predicted octanol–water partition coefficient (Wildman–Crippen LogP) is 3.23. The third kappa shape index (κ3) is 2.29. The van der Waals surface area contributed by atoms with Gasteiger partial charge in [0.1, 0.15) is 0 Å². The first-order valence-electron chi connectivity index (χ1n) is 5.79. The van der Waals surface area contributed by atoms with E-state index < -0.39 is 0 Å². The summed E-state index contributed by atoms with van der Waals surface area (Å²) < 4.78 is 0. The molecule has 1 atom stereocenters. The summed E-state index contributed by atoms with van der Waals surface area (Å²) in [6, 6.07) is 9.25. The summed E-state index contributed by atoms with van der Waals surface area (Å²) in [5.74, 6) is 0. The second kappa shape index (κ2) is 4.63. The van der Waals surface area contributed by atoms with Crippen molar-refractivity contribution in [1.29, 1.82) is 0 Å². The van der Waals surface area contributed by atoms with Crippen molar-refractivity contribution in [2.45, 2.75) is 32.2 Å². The van der Waals surface area contributed by atoms with Gasteiger partial charge in [-0.3, -0.25) is 0 Å². The van der Waals surface area contributed by atoms with E-state index in [-0.39, 0.29) is 0 Å². The summed E-state index contributed by atoms with van der Waals surface area (Å²) in [5, 5.41) is 3.58. The molecule has 0 spiro atoms.